The molecular formula is C24H29F2N5O3. The van der Waals surface area contributed by atoms with E-state index in [0.717, 1.165) is 25.2 Å². The van der Waals surface area contributed by atoms with Gasteiger partial charge in [-0.3, -0.25) is 14.3 Å². The van der Waals surface area contributed by atoms with Gasteiger partial charge in [-0.05, 0) is 44.2 Å². The number of pyridine rings is 1. The fraction of sp³-hybridized carbons (Fsp3) is 0.458. The molecule has 34 heavy (non-hydrogen) atoms. The molecule has 10 heteroatoms. The number of halogens is 2. The third-order valence-electron chi connectivity index (χ3n) is 5.59. The molecule has 0 aliphatic carbocycles. The highest BCUT2D eigenvalue weighted by Gasteiger charge is 2.16. The third-order valence-corrected chi connectivity index (χ3v) is 5.59. The van der Waals surface area contributed by atoms with E-state index < -0.39 is 11.6 Å². The molecule has 4 rings (SSSR count). The monoisotopic (exact) mass is 473 g/mol. The third kappa shape index (κ3) is 5.75. The van der Waals surface area contributed by atoms with Crippen LogP contribution in [0.3, 0.4) is 0 Å². The van der Waals surface area contributed by atoms with Gasteiger partial charge in [0.2, 0.25) is 0 Å². The van der Waals surface area contributed by atoms with E-state index >= 15 is 0 Å². The van der Waals surface area contributed by atoms with Crippen LogP contribution in [0.1, 0.15) is 13.8 Å². The maximum absolute atomic E-state index is 13.8. The van der Waals surface area contributed by atoms with Crippen LogP contribution in [0.25, 0.3) is 22.4 Å². The van der Waals surface area contributed by atoms with Crippen molar-refractivity contribution in [1.29, 1.82) is 0 Å². The largest absolute Gasteiger partial charge is 0.379 e. The number of morpholine rings is 1. The van der Waals surface area contributed by atoms with Gasteiger partial charge < -0.3 is 14.8 Å². The number of anilines is 1. The summed E-state index contributed by atoms with van der Waals surface area (Å²) in [6.45, 7) is 8.74. The highest BCUT2D eigenvalue weighted by Crippen LogP contribution is 2.22. The van der Waals surface area contributed by atoms with Crippen molar-refractivity contribution < 1.29 is 18.3 Å². The maximum Gasteiger partial charge on any atom is 0.294 e. The molecule has 0 amide bonds. The van der Waals surface area contributed by atoms with E-state index in [1.807, 2.05) is 13.8 Å². The Labute approximate surface area is 196 Å². The Kier molecular flexibility index (Phi) is 7.81. The number of nitrogens with one attached hydrogen (secondary N) is 1. The van der Waals surface area contributed by atoms with Crippen LogP contribution >= 0.6 is 0 Å². The Morgan fingerprint density at radius 1 is 1.09 bits per heavy atom. The molecule has 1 aliphatic heterocycles. The van der Waals surface area contributed by atoms with Crippen molar-refractivity contribution in [2.75, 3.05) is 51.3 Å². The fourth-order valence-electron chi connectivity index (χ4n) is 3.79. The maximum atomic E-state index is 13.8. The molecular weight excluding hydrogens is 444 g/mol. The molecule has 0 spiro atoms. The Morgan fingerprint density at radius 3 is 2.62 bits per heavy atom. The van der Waals surface area contributed by atoms with Gasteiger partial charge in [-0.15, -0.1) is 0 Å². The van der Waals surface area contributed by atoms with Gasteiger partial charge in [0.05, 0.1) is 31.6 Å². The molecule has 0 unspecified atom stereocenters. The van der Waals surface area contributed by atoms with Crippen molar-refractivity contribution in [3.63, 3.8) is 0 Å². The molecule has 0 radical (unpaired) electrons. The molecule has 3 heterocycles. The van der Waals surface area contributed by atoms with Crippen molar-refractivity contribution in [2.45, 2.75) is 26.5 Å². The summed E-state index contributed by atoms with van der Waals surface area (Å²) in [7, 11) is 0. The number of hydrogen-bond acceptors (Lipinski definition) is 7. The molecule has 1 saturated heterocycles. The Hall–Kier alpha value is -2.95. The lowest BCUT2D eigenvalue weighted by Gasteiger charge is -2.27. The van der Waals surface area contributed by atoms with Crippen molar-refractivity contribution in [2.24, 2.45) is 0 Å². The van der Waals surface area contributed by atoms with Crippen molar-refractivity contribution in [1.82, 2.24) is 19.4 Å². The number of hydrogen-bond donors (Lipinski definition) is 1. The lowest BCUT2D eigenvalue weighted by atomic mass is 10.1. The zero-order chi connectivity index (χ0) is 24.1. The second kappa shape index (κ2) is 11.0. The van der Waals surface area contributed by atoms with E-state index in [9.17, 15) is 13.6 Å². The molecule has 8 nitrogen and oxygen atoms in total. The van der Waals surface area contributed by atoms with Gasteiger partial charge in [0, 0.05) is 38.3 Å². The van der Waals surface area contributed by atoms with E-state index in [1.54, 1.807) is 16.7 Å². The molecule has 3 aromatic rings. The van der Waals surface area contributed by atoms with Crippen molar-refractivity contribution >= 4 is 17.0 Å². The van der Waals surface area contributed by atoms with Gasteiger partial charge in [0.15, 0.2) is 23.1 Å². The lowest BCUT2D eigenvalue weighted by Crippen LogP contribution is -2.39. The van der Waals surface area contributed by atoms with Gasteiger partial charge >= 0.3 is 0 Å². The summed E-state index contributed by atoms with van der Waals surface area (Å²) in [5.74, 6) is -1.65. The molecule has 1 aromatic carbocycles. The molecule has 0 bridgehead atoms. The highest BCUT2D eigenvalue weighted by molar-refractivity contribution is 5.76. The summed E-state index contributed by atoms with van der Waals surface area (Å²) in [4.78, 5) is 24.7. The summed E-state index contributed by atoms with van der Waals surface area (Å²) < 4.78 is 39.7. The zero-order valence-corrected chi connectivity index (χ0v) is 19.4. The number of ether oxygens (including phenoxy) is 2. The highest BCUT2D eigenvalue weighted by atomic mass is 19.2. The SMILES string of the molecule is CC(C)OCCNc1nc2ccc(-c3ccc(F)c(F)c3)nc2n(CCN2CCOCC2)c1=O. The summed E-state index contributed by atoms with van der Waals surface area (Å²) in [5, 5.41) is 3.08. The van der Waals surface area contributed by atoms with E-state index in [1.165, 1.54) is 6.07 Å². The van der Waals surface area contributed by atoms with Crippen LogP contribution in [0, 0.1) is 11.6 Å². The van der Waals surface area contributed by atoms with Gasteiger partial charge in [-0.25, -0.2) is 18.7 Å². The average Bonchev–Trinajstić information content (AvgIpc) is 2.83. The molecule has 1 aliphatic rings. The molecule has 1 fully saturated rings. The Balaban J connectivity index is 1.68. The minimum atomic E-state index is -0.953. The van der Waals surface area contributed by atoms with E-state index in [4.69, 9.17) is 9.47 Å². The average molecular weight is 474 g/mol. The van der Waals surface area contributed by atoms with Crippen LogP contribution in [0.5, 0.6) is 0 Å². The smallest absolute Gasteiger partial charge is 0.294 e. The van der Waals surface area contributed by atoms with Crippen LogP contribution in [-0.4, -0.2) is 71.5 Å². The first-order chi connectivity index (χ1) is 16.4. The summed E-state index contributed by atoms with van der Waals surface area (Å²) >= 11 is 0. The van der Waals surface area contributed by atoms with Gasteiger partial charge in [-0.1, -0.05) is 0 Å². The predicted octanol–water partition coefficient (Wildman–Crippen LogP) is 2.91. The molecule has 0 saturated carbocycles. The molecule has 182 valence electrons. The first-order valence-electron chi connectivity index (χ1n) is 11.4. The fourth-order valence-corrected chi connectivity index (χ4v) is 3.79. The number of aromatic nitrogens is 3. The van der Waals surface area contributed by atoms with Crippen LogP contribution in [0.15, 0.2) is 35.1 Å². The number of nitrogens with zero attached hydrogens (tertiary/aromatic N) is 4. The number of benzene rings is 1. The first kappa shape index (κ1) is 24.2. The minimum absolute atomic E-state index is 0.0930. The zero-order valence-electron chi connectivity index (χ0n) is 19.4. The van der Waals surface area contributed by atoms with Crippen molar-refractivity contribution in [3.8, 4) is 11.3 Å². The van der Waals surface area contributed by atoms with E-state index in [0.29, 0.717) is 61.9 Å². The summed E-state index contributed by atoms with van der Waals surface area (Å²) in [5.41, 5.74) is 1.48. The van der Waals surface area contributed by atoms with Crippen LogP contribution in [-0.2, 0) is 16.0 Å². The molecule has 1 N–H and O–H groups in total. The molecule has 0 atom stereocenters. The van der Waals surface area contributed by atoms with E-state index in [-0.39, 0.29) is 17.5 Å². The van der Waals surface area contributed by atoms with Crippen molar-refractivity contribution in [3.05, 3.63) is 52.3 Å². The van der Waals surface area contributed by atoms with Crippen LogP contribution in [0.4, 0.5) is 14.6 Å². The van der Waals surface area contributed by atoms with Crippen LogP contribution < -0.4 is 10.9 Å². The topological polar surface area (TPSA) is 81.5 Å². The van der Waals surface area contributed by atoms with Gasteiger partial charge in [0.25, 0.3) is 5.56 Å². The van der Waals surface area contributed by atoms with E-state index in [2.05, 4.69) is 20.2 Å². The standard InChI is InChI=1S/C24H29F2N5O3/c1-16(2)34-12-7-27-22-24(32)31(9-8-30-10-13-33-14-11-30)23-21(28-22)6-5-20(29-23)17-3-4-18(25)19(26)15-17/h3-6,15-16H,7-14H2,1-2H3,(H,27,28). The van der Waals surface area contributed by atoms with Gasteiger partial charge in [-0.2, -0.15) is 0 Å². The Bertz CT molecular complexity index is 1200. The first-order valence-corrected chi connectivity index (χ1v) is 11.4. The number of rotatable bonds is 9. The second-order valence-electron chi connectivity index (χ2n) is 8.39. The lowest BCUT2D eigenvalue weighted by molar-refractivity contribution is 0.0364. The van der Waals surface area contributed by atoms with Crippen LogP contribution in [0.2, 0.25) is 0 Å². The number of fused-ring (bicyclic) bond motifs is 1. The second-order valence-corrected chi connectivity index (χ2v) is 8.39. The summed E-state index contributed by atoms with van der Waals surface area (Å²) in [6.07, 6.45) is 0.0930. The summed E-state index contributed by atoms with van der Waals surface area (Å²) in [6, 6.07) is 7.04. The Morgan fingerprint density at radius 2 is 1.88 bits per heavy atom. The quantitative estimate of drug-likeness (QED) is 0.479. The normalized spacial score (nSPS) is 14.7. The minimum Gasteiger partial charge on any atom is -0.379 e. The predicted molar refractivity (Wildman–Crippen MR) is 126 cm³/mol. The van der Waals surface area contributed by atoms with Gasteiger partial charge in [0.1, 0.15) is 5.52 Å². The molecule has 2 aromatic heterocycles.